The van der Waals surface area contributed by atoms with Crippen LogP contribution in [0.25, 0.3) is 5.76 Å². The summed E-state index contributed by atoms with van der Waals surface area (Å²) in [6, 6.07) is 0. The van der Waals surface area contributed by atoms with Crippen LogP contribution in [0.5, 0.6) is 5.75 Å². The van der Waals surface area contributed by atoms with Crippen molar-refractivity contribution in [1.82, 2.24) is 4.90 Å². The molecule has 210 valence electrons. The van der Waals surface area contributed by atoms with E-state index < -0.39 is 64.2 Å². The number of phenolic OH excluding ortho intramolecular Hbond substituents is 1. The number of aliphatic hydroxyl groups is 3. The zero-order chi connectivity index (χ0) is 29.0. The molecule has 39 heavy (non-hydrogen) atoms. The highest BCUT2D eigenvalue weighted by Crippen LogP contribution is 2.54. The number of phenols is 1. The Morgan fingerprint density at radius 2 is 1.67 bits per heavy atom. The summed E-state index contributed by atoms with van der Waals surface area (Å²) in [5.74, 6) is -7.71. The van der Waals surface area contributed by atoms with Crippen LogP contribution in [-0.2, 0) is 33.9 Å². The molecule has 1 fully saturated rings. The summed E-state index contributed by atoms with van der Waals surface area (Å²) in [7, 11) is 0. The van der Waals surface area contributed by atoms with E-state index in [1.165, 1.54) is 0 Å². The molecule has 0 aromatic heterocycles. The molecule has 0 radical (unpaired) electrons. The van der Waals surface area contributed by atoms with Gasteiger partial charge in [0.25, 0.3) is 5.91 Å². The molecule has 9 nitrogen and oxygen atoms in total. The van der Waals surface area contributed by atoms with Crippen LogP contribution in [0.3, 0.4) is 0 Å². The lowest BCUT2D eigenvalue weighted by Crippen LogP contribution is -2.58. The number of carbonyl (C=O) groups is 3. The molecule has 4 aliphatic rings. The lowest BCUT2D eigenvalue weighted by Gasteiger charge is -2.46. The van der Waals surface area contributed by atoms with Crippen LogP contribution in [0, 0.1) is 23.1 Å². The van der Waals surface area contributed by atoms with Crippen LogP contribution in [0.4, 0.5) is 4.39 Å². The van der Waals surface area contributed by atoms with Gasteiger partial charge in [-0.2, -0.15) is 0 Å². The van der Waals surface area contributed by atoms with Crippen LogP contribution >= 0.6 is 0 Å². The predicted molar refractivity (Wildman–Crippen MR) is 139 cm³/mol. The topological polar surface area (TPSA) is 161 Å². The number of amides is 1. The largest absolute Gasteiger partial charge is 0.508 e. The minimum absolute atomic E-state index is 0.00361. The Morgan fingerprint density at radius 3 is 2.26 bits per heavy atom. The highest BCUT2D eigenvalue weighted by Gasteiger charge is 2.60. The fraction of sp³-hybridized carbons (Fsp3) is 0.552. The molecule has 10 heteroatoms. The Balaban J connectivity index is 1.61. The smallest absolute Gasteiger partial charge is 0.255 e. The highest BCUT2D eigenvalue weighted by molar-refractivity contribution is 6.22. The third-order valence-electron chi connectivity index (χ3n) is 8.89. The summed E-state index contributed by atoms with van der Waals surface area (Å²) < 4.78 is 16.1. The molecule has 1 saturated carbocycles. The van der Waals surface area contributed by atoms with Crippen LogP contribution < -0.4 is 5.73 Å². The summed E-state index contributed by atoms with van der Waals surface area (Å²) in [4.78, 5) is 40.0. The number of hydrogen-bond donors (Lipinski definition) is 5. The van der Waals surface area contributed by atoms with Crippen molar-refractivity contribution in [2.75, 3.05) is 0 Å². The number of ketones is 2. The quantitative estimate of drug-likeness (QED) is 0.364. The van der Waals surface area contributed by atoms with Gasteiger partial charge >= 0.3 is 0 Å². The van der Waals surface area contributed by atoms with Crippen molar-refractivity contribution in [3.8, 4) is 5.75 Å². The molecule has 1 aromatic carbocycles. The third-order valence-corrected chi connectivity index (χ3v) is 8.89. The molecule has 0 spiro atoms. The van der Waals surface area contributed by atoms with Crippen molar-refractivity contribution < 1.29 is 39.2 Å². The second-order valence-electron chi connectivity index (χ2n) is 13.3. The SMILES string of the molecule is CC(C)(C)CC(C)(C)N1Cc2c(O)c3c(c(F)c2C1)CC1C[C@H]2CC(=O)C(C(N)=O)=C(O)[C@@]2(O)C(=O)C1=C3O. The average Bonchev–Trinajstić information content (AvgIpc) is 3.25. The number of carbonyl (C=O) groups excluding carboxylic acids is 3. The van der Waals surface area contributed by atoms with Crippen molar-refractivity contribution in [3.05, 3.63) is 45.0 Å². The molecule has 1 aliphatic heterocycles. The average molecular weight is 543 g/mol. The monoisotopic (exact) mass is 542 g/mol. The number of hydrogen-bond acceptors (Lipinski definition) is 8. The number of aromatic hydroxyl groups is 1. The molecule has 0 bridgehead atoms. The summed E-state index contributed by atoms with van der Waals surface area (Å²) in [5, 5.41) is 44.7. The van der Waals surface area contributed by atoms with Crippen molar-refractivity contribution in [3.63, 3.8) is 0 Å². The summed E-state index contributed by atoms with van der Waals surface area (Å²) in [6.45, 7) is 11.0. The van der Waals surface area contributed by atoms with E-state index in [1.807, 2.05) is 0 Å². The normalized spacial score (nSPS) is 27.4. The van der Waals surface area contributed by atoms with Crippen LogP contribution in [0.1, 0.15) is 76.1 Å². The maximum atomic E-state index is 16.1. The minimum Gasteiger partial charge on any atom is -0.508 e. The number of Topliss-reactive ketones (excluding diaryl/α,β-unsaturated/α-hetero) is 2. The Kier molecular flexibility index (Phi) is 5.87. The van der Waals surface area contributed by atoms with E-state index in [-0.39, 0.29) is 59.3 Å². The molecule has 6 N–H and O–H groups in total. The van der Waals surface area contributed by atoms with Gasteiger partial charge in [0, 0.05) is 53.2 Å². The van der Waals surface area contributed by atoms with Gasteiger partial charge in [-0.25, -0.2) is 4.39 Å². The molecule has 3 aliphatic carbocycles. The van der Waals surface area contributed by atoms with Crippen LogP contribution in [-0.4, -0.2) is 53.9 Å². The lowest BCUT2D eigenvalue weighted by atomic mass is 9.59. The van der Waals surface area contributed by atoms with Crippen molar-refractivity contribution in [2.45, 2.75) is 84.5 Å². The maximum Gasteiger partial charge on any atom is 0.255 e. The molecule has 1 aromatic rings. The zero-order valence-corrected chi connectivity index (χ0v) is 22.8. The summed E-state index contributed by atoms with van der Waals surface area (Å²) >= 11 is 0. The molecule has 1 heterocycles. The zero-order valence-electron chi connectivity index (χ0n) is 22.8. The number of nitrogens with two attached hydrogens (primary N) is 1. The van der Waals surface area contributed by atoms with E-state index in [1.54, 1.807) is 0 Å². The summed E-state index contributed by atoms with van der Waals surface area (Å²) in [5.41, 5.74) is 1.69. The van der Waals surface area contributed by atoms with E-state index in [2.05, 4.69) is 39.5 Å². The maximum absolute atomic E-state index is 16.1. The fourth-order valence-corrected chi connectivity index (χ4v) is 7.43. The van der Waals surface area contributed by atoms with E-state index in [9.17, 15) is 34.8 Å². The first-order chi connectivity index (χ1) is 17.9. The standard InChI is InChI=1S/C29H35FN2O7/c1-27(2,3)11-28(4,5)32-9-15-16(10-32)22(34)19-14(21(15)30)7-12-6-13-8-17(33)20(26(31)38)25(37)29(13,39)24(36)18(12)23(19)35/h12-13,34-35,37,39H,6-11H2,1-5H3,(H2,31,38)/t12?,13-,29-/m0/s1. The Labute approximate surface area is 225 Å². The summed E-state index contributed by atoms with van der Waals surface area (Å²) in [6.07, 6.45) is 0.306. The first kappa shape index (κ1) is 27.3. The van der Waals surface area contributed by atoms with E-state index in [0.717, 1.165) is 6.42 Å². The second kappa shape index (κ2) is 8.38. The Bertz CT molecular complexity index is 1420. The molecule has 5 rings (SSSR count). The first-order valence-corrected chi connectivity index (χ1v) is 13.2. The Morgan fingerprint density at radius 1 is 1.05 bits per heavy atom. The van der Waals surface area contributed by atoms with Crippen LogP contribution in [0.2, 0.25) is 0 Å². The third kappa shape index (κ3) is 3.82. The molecule has 0 saturated heterocycles. The minimum atomic E-state index is -2.64. The molecule has 3 atom stereocenters. The number of fused-ring (bicyclic) bond motifs is 4. The van der Waals surface area contributed by atoms with Gasteiger partial charge < -0.3 is 26.2 Å². The number of benzene rings is 1. The van der Waals surface area contributed by atoms with Gasteiger partial charge in [0.2, 0.25) is 5.78 Å². The molecule has 1 amide bonds. The van der Waals surface area contributed by atoms with Gasteiger partial charge in [-0.05, 0) is 44.4 Å². The number of primary amides is 1. The van der Waals surface area contributed by atoms with E-state index in [4.69, 9.17) is 5.73 Å². The number of halogens is 1. The molecular formula is C29H35FN2O7. The van der Waals surface area contributed by atoms with Gasteiger partial charge in [-0.3, -0.25) is 19.3 Å². The molecule has 1 unspecified atom stereocenters. The predicted octanol–water partition coefficient (Wildman–Crippen LogP) is 3.09. The van der Waals surface area contributed by atoms with Crippen molar-refractivity contribution in [1.29, 1.82) is 0 Å². The lowest BCUT2D eigenvalue weighted by molar-refractivity contribution is -0.147. The van der Waals surface area contributed by atoms with Crippen molar-refractivity contribution >= 4 is 23.2 Å². The first-order valence-electron chi connectivity index (χ1n) is 13.2. The van der Waals surface area contributed by atoms with Crippen LogP contribution in [0.15, 0.2) is 16.9 Å². The highest BCUT2D eigenvalue weighted by atomic mass is 19.1. The van der Waals surface area contributed by atoms with E-state index >= 15 is 4.39 Å². The van der Waals surface area contributed by atoms with Gasteiger partial charge in [0.15, 0.2) is 11.4 Å². The van der Waals surface area contributed by atoms with Crippen molar-refractivity contribution in [2.24, 2.45) is 23.0 Å². The number of nitrogens with zero attached hydrogens (tertiary/aromatic N) is 1. The molecular weight excluding hydrogens is 507 g/mol. The number of rotatable bonds is 3. The Hall–Kier alpha value is -3.24. The van der Waals surface area contributed by atoms with Gasteiger partial charge in [-0.1, -0.05) is 20.8 Å². The van der Waals surface area contributed by atoms with Gasteiger partial charge in [-0.15, -0.1) is 0 Å². The fourth-order valence-electron chi connectivity index (χ4n) is 7.43. The second-order valence-corrected chi connectivity index (χ2v) is 13.3. The van der Waals surface area contributed by atoms with Gasteiger partial charge in [0.05, 0.1) is 5.56 Å². The van der Waals surface area contributed by atoms with E-state index in [0.29, 0.717) is 11.1 Å². The van der Waals surface area contributed by atoms with Gasteiger partial charge in [0.1, 0.15) is 28.7 Å². The number of aliphatic hydroxyl groups excluding tert-OH is 2.